The van der Waals surface area contributed by atoms with Gasteiger partial charge in [-0.15, -0.1) is 11.3 Å². The van der Waals surface area contributed by atoms with Crippen molar-refractivity contribution in [3.8, 4) is 0 Å². The highest BCUT2D eigenvalue weighted by Crippen LogP contribution is 2.20. The molecule has 0 aliphatic heterocycles. The largest absolute Gasteiger partial charge is 0.322 e. The summed E-state index contributed by atoms with van der Waals surface area (Å²) in [6, 6.07) is 10.3. The van der Waals surface area contributed by atoms with Crippen molar-refractivity contribution in [1.82, 2.24) is 4.98 Å². The molecular weight excluding hydrogens is 409 g/mol. The van der Waals surface area contributed by atoms with Crippen LogP contribution in [0.5, 0.6) is 0 Å². The Bertz CT molecular complexity index is 914. The summed E-state index contributed by atoms with van der Waals surface area (Å²) in [5.74, 6) is -1.10. The van der Waals surface area contributed by atoms with E-state index in [1.165, 1.54) is 29.5 Å². The van der Waals surface area contributed by atoms with Gasteiger partial charge < -0.3 is 5.32 Å². The number of hydrogen-bond donors (Lipinski definition) is 2. The first-order chi connectivity index (χ1) is 12.0. The summed E-state index contributed by atoms with van der Waals surface area (Å²) in [5, 5.41) is 7.66. The van der Waals surface area contributed by atoms with E-state index in [0.717, 1.165) is 0 Å². The molecule has 0 unspecified atom stereocenters. The smallest absolute Gasteiger partial charge is 0.257 e. The third kappa shape index (κ3) is 4.28. The minimum absolute atomic E-state index is 0.283. The van der Waals surface area contributed by atoms with E-state index in [0.29, 0.717) is 26.4 Å². The molecule has 0 bridgehead atoms. The molecule has 5 nitrogen and oxygen atoms in total. The lowest BCUT2D eigenvalue weighted by atomic mass is 10.1. The van der Waals surface area contributed by atoms with Crippen LogP contribution in [0.4, 0.5) is 15.2 Å². The van der Waals surface area contributed by atoms with Crippen LogP contribution < -0.4 is 10.6 Å². The summed E-state index contributed by atoms with van der Waals surface area (Å²) in [4.78, 5) is 28.3. The van der Waals surface area contributed by atoms with Gasteiger partial charge >= 0.3 is 0 Å². The average molecular weight is 420 g/mol. The normalized spacial score (nSPS) is 10.3. The quantitative estimate of drug-likeness (QED) is 0.651. The monoisotopic (exact) mass is 419 g/mol. The predicted molar refractivity (Wildman–Crippen MR) is 98.6 cm³/mol. The summed E-state index contributed by atoms with van der Waals surface area (Å²) in [6.07, 6.45) is 1.60. The van der Waals surface area contributed by atoms with E-state index in [4.69, 9.17) is 0 Å². The fourth-order valence-electron chi connectivity index (χ4n) is 2.03. The molecule has 2 N–H and O–H groups in total. The van der Waals surface area contributed by atoms with Gasteiger partial charge in [0.05, 0.1) is 5.56 Å². The van der Waals surface area contributed by atoms with Crippen LogP contribution in [0.1, 0.15) is 20.7 Å². The van der Waals surface area contributed by atoms with Crippen LogP contribution >= 0.6 is 27.3 Å². The molecule has 0 atom stereocenters. The zero-order chi connectivity index (χ0) is 17.8. The SMILES string of the molecule is O=C(Nc1nccs1)c1ccc(NC(=O)c2ccc(F)cc2Br)cc1. The van der Waals surface area contributed by atoms with Crippen molar-refractivity contribution in [2.75, 3.05) is 10.6 Å². The molecule has 3 aromatic rings. The number of aromatic nitrogens is 1. The average Bonchev–Trinajstić information content (AvgIpc) is 3.08. The first kappa shape index (κ1) is 17.2. The summed E-state index contributed by atoms with van der Waals surface area (Å²) < 4.78 is 13.5. The fraction of sp³-hybridized carbons (Fsp3) is 0. The highest BCUT2D eigenvalue weighted by atomic mass is 79.9. The van der Waals surface area contributed by atoms with Crippen LogP contribution in [-0.4, -0.2) is 16.8 Å². The molecule has 0 aliphatic carbocycles. The summed E-state index contributed by atoms with van der Waals surface area (Å²) in [5.41, 5.74) is 1.27. The Kier molecular flexibility index (Phi) is 5.20. The van der Waals surface area contributed by atoms with E-state index in [-0.39, 0.29) is 11.8 Å². The van der Waals surface area contributed by atoms with Crippen molar-refractivity contribution in [2.24, 2.45) is 0 Å². The van der Waals surface area contributed by atoms with Crippen LogP contribution in [0.15, 0.2) is 58.5 Å². The van der Waals surface area contributed by atoms with Crippen LogP contribution in [-0.2, 0) is 0 Å². The lowest BCUT2D eigenvalue weighted by molar-refractivity contribution is 0.101. The third-order valence-electron chi connectivity index (χ3n) is 3.23. The van der Waals surface area contributed by atoms with Gasteiger partial charge in [0.2, 0.25) is 0 Å². The third-order valence-corrected chi connectivity index (χ3v) is 4.58. The molecular formula is C17H11BrFN3O2S. The summed E-state index contributed by atoms with van der Waals surface area (Å²) in [7, 11) is 0. The molecule has 1 aromatic heterocycles. The molecule has 3 rings (SSSR count). The van der Waals surface area contributed by atoms with Gasteiger partial charge in [-0.2, -0.15) is 0 Å². The Morgan fingerprint density at radius 1 is 1.04 bits per heavy atom. The number of anilines is 2. The molecule has 0 saturated heterocycles. The molecule has 0 fully saturated rings. The van der Waals surface area contributed by atoms with Gasteiger partial charge in [0.25, 0.3) is 11.8 Å². The molecule has 2 amide bonds. The number of benzene rings is 2. The second-order valence-electron chi connectivity index (χ2n) is 4.95. The topological polar surface area (TPSA) is 71.1 Å². The Labute approximate surface area is 155 Å². The second kappa shape index (κ2) is 7.54. The first-order valence-electron chi connectivity index (χ1n) is 7.10. The molecule has 126 valence electrons. The molecule has 0 aliphatic rings. The van der Waals surface area contributed by atoms with Crippen molar-refractivity contribution in [2.45, 2.75) is 0 Å². The number of rotatable bonds is 4. The summed E-state index contributed by atoms with van der Waals surface area (Å²) >= 11 is 4.49. The number of nitrogens with one attached hydrogen (secondary N) is 2. The standard InChI is InChI=1S/C17H11BrFN3O2S/c18-14-9-11(19)3-6-13(14)16(24)21-12-4-1-10(2-5-12)15(23)22-17-20-7-8-25-17/h1-9H,(H,21,24)(H,20,22,23). The van der Waals surface area contributed by atoms with Gasteiger partial charge in [0.1, 0.15) is 5.82 Å². The number of hydrogen-bond acceptors (Lipinski definition) is 4. The van der Waals surface area contributed by atoms with Crippen molar-refractivity contribution in [3.63, 3.8) is 0 Å². The molecule has 8 heteroatoms. The first-order valence-corrected chi connectivity index (χ1v) is 8.77. The number of carbonyl (C=O) groups excluding carboxylic acids is 2. The van der Waals surface area contributed by atoms with E-state index in [9.17, 15) is 14.0 Å². The highest BCUT2D eigenvalue weighted by Gasteiger charge is 2.12. The predicted octanol–water partition coefficient (Wildman–Crippen LogP) is 4.55. The zero-order valence-corrected chi connectivity index (χ0v) is 15.0. The van der Waals surface area contributed by atoms with Crippen molar-refractivity contribution in [3.05, 3.63) is 75.5 Å². The van der Waals surface area contributed by atoms with Gasteiger partial charge in [-0.25, -0.2) is 9.37 Å². The van der Waals surface area contributed by atoms with Crippen molar-refractivity contribution in [1.29, 1.82) is 0 Å². The van der Waals surface area contributed by atoms with Gasteiger partial charge in [-0.1, -0.05) is 0 Å². The van der Waals surface area contributed by atoms with Crippen LogP contribution in [0.25, 0.3) is 0 Å². The Hall–Kier alpha value is -2.58. The van der Waals surface area contributed by atoms with E-state index in [1.807, 2.05) is 0 Å². The number of amides is 2. The Morgan fingerprint density at radius 2 is 1.80 bits per heavy atom. The molecule has 2 aromatic carbocycles. The van der Waals surface area contributed by atoms with E-state index < -0.39 is 5.82 Å². The van der Waals surface area contributed by atoms with Gasteiger partial charge in [-0.3, -0.25) is 14.9 Å². The maximum atomic E-state index is 13.1. The number of thiazole rings is 1. The van der Waals surface area contributed by atoms with Crippen molar-refractivity contribution < 1.29 is 14.0 Å². The van der Waals surface area contributed by atoms with Gasteiger partial charge in [0.15, 0.2) is 5.13 Å². The molecule has 1 heterocycles. The minimum Gasteiger partial charge on any atom is -0.322 e. The fourth-order valence-corrected chi connectivity index (χ4v) is 3.09. The maximum Gasteiger partial charge on any atom is 0.257 e. The van der Waals surface area contributed by atoms with E-state index in [2.05, 4.69) is 31.5 Å². The van der Waals surface area contributed by atoms with Crippen molar-refractivity contribution >= 4 is 49.9 Å². The Morgan fingerprint density at radius 3 is 2.44 bits per heavy atom. The van der Waals surface area contributed by atoms with Gasteiger partial charge in [-0.05, 0) is 58.4 Å². The lowest BCUT2D eigenvalue weighted by Crippen LogP contribution is -2.14. The zero-order valence-electron chi connectivity index (χ0n) is 12.6. The highest BCUT2D eigenvalue weighted by molar-refractivity contribution is 9.10. The second-order valence-corrected chi connectivity index (χ2v) is 6.70. The Balaban J connectivity index is 1.68. The molecule has 0 radical (unpaired) electrons. The number of halogens is 2. The number of carbonyl (C=O) groups is 2. The van der Waals surface area contributed by atoms with Crippen LogP contribution in [0, 0.1) is 5.82 Å². The molecule has 0 saturated carbocycles. The maximum absolute atomic E-state index is 13.1. The molecule has 25 heavy (non-hydrogen) atoms. The number of nitrogens with zero attached hydrogens (tertiary/aromatic N) is 1. The minimum atomic E-state index is -0.431. The van der Waals surface area contributed by atoms with Crippen LogP contribution in [0.3, 0.4) is 0 Å². The van der Waals surface area contributed by atoms with E-state index in [1.54, 1.807) is 35.8 Å². The molecule has 0 spiro atoms. The summed E-state index contributed by atoms with van der Waals surface area (Å²) in [6.45, 7) is 0. The van der Waals surface area contributed by atoms with Crippen LogP contribution in [0.2, 0.25) is 0 Å². The van der Waals surface area contributed by atoms with Gasteiger partial charge in [0, 0.05) is 27.3 Å². The van der Waals surface area contributed by atoms with E-state index >= 15 is 0 Å². The lowest BCUT2D eigenvalue weighted by Gasteiger charge is -2.08.